The van der Waals surface area contributed by atoms with E-state index in [9.17, 15) is 0 Å². The first kappa shape index (κ1) is 12.4. The molecule has 17 heavy (non-hydrogen) atoms. The topological polar surface area (TPSA) is 0 Å². The fourth-order valence-electron chi connectivity index (χ4n) is 1.92. The number of hydrogen-bond acceptors (Lipinski definition) is 0. The summed E-state index contributed by atoms with van der Waals surface area (Å²) >= 11 is 6.62. The highest BCUT2D eigenvalue weighted by Crippen LogP contribution is 2.10. The average Bonchev–Trinajstić information content (AvgIpc) is 2.34. The molecule has 0 saturated heterocycles. The van der Waals surface area contributed by atoms with Crippen molar-refractivity contribution in [1.82, 2.24) is 0 Å². The molecule has 2 heteroatoms. The van der Waals surface area contributed by atoms with Crippen LogP contribution in [0.5, 0.6) is 0 Å². The molecule has 0 bridgehead atoms. The summed E-state index contributed by atoms with van der Waals surface area (Å²) in [7, 11) is -1.000. The third kappa shape index (κ3) is 2.99. The zero-order valence-electron chi connectivity index (χ0n) is 10.2. The third-order valence-electron chi connectivity index (χ3n) is 3.10. The summed E-state index contributed by atoms with van der Waals surface area (Å²) in [5.41, 5.74) is 4.02. The number of aryl methyl sites for hydroxylation is 1. The Balaban J connectivity index is 2.20. The lowest BCUT2D eigenvalue weighted by atomic mass is 10.1. The lowest BCUT2D eigenvalue weighted by molar-refractivity contribution is 1.34. The van der Waals surface area contributed by atoms with Gasteiger partial charge in [0.25, 0.3) is 0 Å². The van der Waals surface area contributed by atoms with Crippen LogP contribution in [0, 0.1) is 13.8 Å². The van der Waals surface area contributed by atoms with Crippen LogP contribution in [0.1, 0.15) is 16.7 Å². The van der Waals surface area contributed by atoms with Gasteiger partial charge in [-0.2, -0.15) is 11.1 Å². The van der Waals surface area contributed by atoms with Crippen LogP contribution in [0.3, 0.4) is 0 Å². The number of benzene rings is 2. The molecule has 2 rings (SSSR count). The van der Waals surface area contributed by atoms with E-state index in [4.69, 9.17) is 11.1 Å². The van der Waals surface area contributed by atoms with E-state index in [1.807, 2.05) is 6.07 Å². The van der Waals surface area contributed by atoms with Gasteiger partial charge in [0.2, 0.25) is 8.11 Å². The van der Waals surface area contributed by atoms with Gasteiger partial charge in [0.1, 0.15) is 0 Å². The molecule has 0 aliphatic heterocycles. The second kappa shape index (κ2) is 5.52. The van der Waals surface area contributed by atoms with Crippen molar-refractivity contribution >= 4 is 24.4 Å². The maximum Gasteiger partial charge on any atom is 0.204 e. The Morgan fingerprint density at radius 1 is 0.941 bits per heavy atom. The standard InChI is InChI=1S/C15H16ClSi/c1-12-7-6-10-15(13(12)2)17(16)11-14-8-4-3-5-9-14/h3-10H,11H2,1-2H3. The second-order valence-electron chi connectivity index (χ2n) is 4.31. The Kier molecular flexibility index (Phi) is 4.03. The summed E-state index contributed by atoms with van der Waals surface area (Å²) in [6.45, 7) is 4.32. The fraction of sp³-hybridized carbons (Fsp3) is 0.200. The summed E-state index contributed by atoms with van der Waals surface area (Å²) in [5, 5.41) is 1.35. The maximum atomic E-state index is 6.62. The van der Waals surface area contributed by atoms with Gasteiger partial charge in [-0.25, -0.2) is 0 Å². The van der Waals surface area contributed by atoms with Crippen LogP contribution in [0.4, 0.5) is 0 Å². The van der Waals surface area contributed by atoms with Gasteiger partial charge in [-0.05, 0) is 41.8 Å². The van der Waals surface area contributed by atoms with Crippen LogP contribution >= 0.6 is 11.1 Å². The second-order valence-corrected chi connectivity index (χ2v) is 7.39. The Bertz CT molecular complexity index is 494. The van der Waals surface area contributed by atoms with E-state index < -0.39 is 8.11 Å². The van der Waals surface area contributed by atoms with Crippen molar-refractivity contribution in [2.45, 2.75) is 19.9 Å². The van der Waals surface area contributed by atoms with E-state index in [1.54, 1.807) is 0 Å². The third-order valence-corrected chi connectivity index (χ3v) is 5.96. The molecule has 2 aromatic rings. The van der Waals surface area contributed by atoms with Crippen LogP contribution in [-0.2, 0) is 6.04 Å². The van der Waals surface area contributed by atoms with Gasteiger partial charge >= 0.3 is 0 Å². The lowest BCUT2D eigenvalue weighted by Gasteiger charge is -2.12. The maximum absolute atomic E-state index is 6.62. The smallest absolute Gasteiger partial charge is 0.162 e. The van der Waals surface area contributed by atoms with E-state index in [0.29, 0.717) is 0 Å². The zero-order chi connectivity index (χ0) is 12.3. The van der Waals surface area contributed by atoms with Crippen LogP contribution in [0.15, 0.2) is 48.5 Å². The van der Waals surface area contributed by atoms with Crippen LogP contribution in [0.2, 0.25) is 0 Å². The van der Waals surface area contributed by atoms with Gasteiger partial charge in [0.15, 0.2) is 0 Å². The van der Waals surface area contributed by atoms with Gasteiger partial charge in [-0.1, -0.05) is 48.5 Å². The molecule has 0 spiro atoms. The minimum Gasteiger partial charge on any atom is -0.162 e. The molecule has 0 nitrogen and oxygen atoms in total. The van der Waals surface area contributed by atoms with Crippen LogP contribution in [-0.4, -0.2) is 8.11 Å². The van der Waals surface area contributed by atoms with Crippen LogP contribution in [0.25, 0.3) is 0 Å². The molecule has 0 aliphatic carbocycles. The first-order chi connectivity index (χ1) is 8.18. The van der Waals surface area contributed by atoms with E-state index in [2.05, 4.69) is 56.3 Å². The van der Waals surface area contributed by atoms with Crippen LogP contribution < -0.4 is 5.19 Å². The molecule has 0 saturated carbocycles. The van der Waals surface area contributed by atoms with Crippen molar-refractivity contribution in [3.63, 3.8) is 0 Å². The largest absolute Gasteiger partial charge is 0.204 e. The first-order valence-electron chi connectivity index (χ1n) is 5.80. The van der Waals surface area contributed by atoms with Crippen molar-refractivity contribution < 1.29 is 0 Å². The Hall–Kier alpha value is -1.05. The molecule has 0 heterocycles. The van der Waals surface area contributed by atoms with Gasteiger partial charge in [0, 0.05) is 0 Å². The molecule has 0 unspecified atom stereocenters. The molecule has 0 amide bonds. The monoisotopic (exact) mass is 259 g/mol. The highest BCUT2D eigenvalue weighted by atomic mass is 35.6. The molecule has 87 valence electrons. The van der Waals surface area contributed by atoms with E-state index in [1.165, 1.54) is 21.9 Å². The highest BCUT2D eigenvalue weighted by Gasteiger charge is 2.15. The van der Waals surface area contributed by atoms with E-state index in [0.717, 1.165) is 6.04 Å². The summed E-state index contributed by atoms with van der Waals surface area (Å²) in [5.74, 6) is 0. The molecule has 0 aliphatic rings. The van der Waals surface area contributed by atoms with Gasteiger partial charge in [0.05, 0.1) is 0 Å². The minimum atomic E-state index is -1.000. The normalized spacial score (nSPS) is 10.8. The predicted molar refractivity (Wildman–Crippen MR) is 77.3 cm³/mol. The molecule has 2 aromatic carbocycles. The van der Waals surface area contributed by atoms with Gasteiger partial charge in [-0.3, -0.25) is 0 Å². The summed E-state index contributed by atoms with van der Waals surface area (Å²) in [6, 6.07) is 17.9. The average molecular weight is 260 g/mol. The van der Waals surface area contributed by atoms with Gasteiger partial charge in [-0.15, -0.1) is 0 Å². The summed E-state index contributed by atoms with van der Waals surface area (Å²) < 4.78 is 0. The number of hydrogen-bond donors (Lipinski definition) is 0. The molecule has 0 fully saturated rings. The minimum absolute atomic E-state index is 0.983. The zero-order valence-corrected chi connectivity index (χ0v) is 12.0. The highest BCUT2D eigenvalue weighted by molar-refractivity contribution is 7.14. The van der Waals surface area contributed by atoms with Crippen molar-refractivity contribution in [1.29, 1.82) is 0 Å². The lowest BCUT2D eigenvalue weighted by Crippen LogP contribution is -2.30. The molecule has 0 N–H and O–H groups in total. The van der Waals surface area contributed by atoms with E-state index in [-0.39, 0.29) is 0 Å². The van der Waals surface area contributed by atoms with Crippen molar-refractivity contribution in [2.75, 3.05) is 0 Å². The van der Waals surface area contributed by atoms with Gasteiger partial charge < -0.3 is 0 Å². The van der Waals surface area contributed by atoms with E-state index >= 15 is 0 Å². The molecular formula is C15H16ClSi. The Morgan fingerprint density at radius 3 is 2.35 bits per heavy atom. The molecule has 1 radical (unpaired) electrons. The van der Waals surface area contributed by atoms with Crippen molar-refractivity contribution in [3.8, 4) is 0 Å². The quantitative estimate of drug-likeness (QED) is 0.585. The molecular weight excluding hydrogens is 244 g/mol. The predicted octanol–water partition coefficient (Wildman–Crippen LogP) is 3.52. The number of rotatable bonds is 3. The SMILES string of the molecule is Cc1cccc([Si](Cl)Cc2ccccc2)c1C. The Morgan fingerprint density at radius 2 is 1.65 bits per heavy atom. The summed E-state index contributed by atoms with van der Waals surface area (Å²) in [6.07, 6.45) is 0. The molecule has 0 aromatic heterocycles. The Labute approximate surface area is 110 Å². The van der Waals surface area contributed by atoms with Crippen molar-refractivity contribution in [2.24, 2.45) is 0 Å². The van der Waals surface area contributed by atoms with Crippen molar-refractivity contribution in [3.05, 3.63) is 65.2 Å². The molecule has 0 atom stereocenters. The fourth-order valence-corrected chi connectivity index (χ4v) is 4.66. The summed E-state index contributed by atoms with van der Waals surface area (Å²) in [4.78, 5) is 0. The first-order valence-corrected chi connectivity index (χ1v) is 8.52. The number of halogens is 1.